The summed E-state index contributed by atoms with van der Waals surface area (Å²) in [5.41, 5.74) is 2.39. The molecule has 0 saturated heterocycles. The molecule has 0 fully saturated rings. The van der Waals surface area contributed by atoms with E-state index >= 15 is 0 Å². The summed E-state index contributed by atoms with van der Waals surface area (Å²) in [6.45, 7) is 2.30. The fraction of sp³-hybridized carbons (Fsp3) is 0.231. The lowest BCUT2D eigenvalue weighted by atomic mass is 10.2. The van der Waals surface area contributed by atoms with Gasteiger partial charge in [0.1, 0.15) is 0 Å². The maximum atomic E-state index is 11.5. The average Bonchev–Trinajstić information content (AvgIpc) is 2.32. The lowest BCUT2D eigenvalue weighted by Crippen LogP contribution is -2.12. The third-order valence-electron chi connectivity index (χ3n) is 2.49. The largest absolute Gasteiger partial charge is 0.378 e. The van der Waals surface area contributed by atoms with Crippen molar-refractivity contribution in [3.63, 3.8) is 0 Å². The van der Waals surface area contributed by atoms with Crippen molar-refractivity contribution in [3.8, 4) is 0 Å². The Morgan fingerprint density at radius 3 is 2.89 bits per heavy atom. The van der Waals surface area contributed by atoms with Gasteiger partial charge in [-0.1, -0.05) is 18.2 Å². The molecule has 5 nitrogen and oxygen atoms in total. The highest BCUT2D eigenvalue weighted by atomic mass is 16.5. The van der Waals surface area contributed by atoms with Gasteiger partial charge in [-0.25, -0.2) is 4.98 Å². The molecule has 1 heterocycles. The molecule has 0 saturated carbocycles. The Morgan fingerprint density at radius 2 is 2.17 bits per heavy atom. The van der Waals surface area contributed by atoms with Gasteiger partial charge in [-0.15, -0.1) is 0 Å². The van der Waals surface area contributed by atoms with Gasteiger partial charge < -0.3 is 10.1 Å². The van der Waals surface area contributed by atoms with Crippen molar-refractivity contribution in [2.24, 2.45) is 0 Å². The van der Waals surface area contributed by atoms with E-state index in [-0.39, 0.29) is 5.56 Å². The maximum absolute atomic E-state index is 11.5. The van der Waals surface area contributed by atoms with Gasteiger partial charge in [-0.05, 0) is 18.6 Å². The third kappa shape index (κ3) is 2.95. The van der Waals surface area contributed by atoms with Crippen LogP contribution in [0.5, 0.6) is 0 Å². The summed E-state index contributed by atoms with van der Waals surface area (Å²) in [5, 5.41) is 3.09. The standard InChI is InChI=1S/C13H15N3O2/c1-9-5-3-4-6-11(9)15-13-14-10(8-18-2)7-12(17)16-13/h3-7H,8H2,1-2H3,(H2,14,15,16,17). The van der Waals surface area contributed by atoms with Crippen LogP contribution in [-0.2, 0) is 11.3 Å². The zero-order valence-corrected chi connectivity index (χ0v) is 10.4. The molecule has 1 aromatic carbocycles. The third-order valence-corrected chi connectivity index (χ3v) is 2.49. The number of benzene rings is 1. The van der Waals surface area contributed by atoms with E-state index in [2.05, 4.69) is 15.3 Å². The van der Waals surface area contributed by atoms with Crippen molar-refractivity contribution >= 4 is 11.6 Å². The molecule has 0 spiro atoms. The second-order valence-corrected chi connectivity index (χ2v) is 3.96. The summed E-state index contributed by atoms with van der Waals surface area (Å²) in [6, 6.07) is 9.22. The molecule has 0 aliphatic rings. The number of hydrogen-bond acceptors (Lipinski definition) is 4. The van der Waals surface area contributed by atoms with E-state index in [1.165, 1.54) is 6.07 Å². The Balaban J connectivity index is 2.29. The molecule has 2 rings (SSSR count). The minimum absolute atomic E-state index is 0.201. The number of aryl methyl sites for hydroxylation is 1. The minimum atomic E-state index is -0.201. The zero-order valence-electron chi connectivity index (χ0n) is 10.4. The SMILES string of the molecule is COCc1cc(=O)[nH]c(Nc2ccccc2C)n1. The number of nitrogens with one attached hydrogen (secondary N) is 2. The minimum Gasteiger partial charge on any atom is -0.378 e. The first-order chi connectivity index (χ1) is 8.69. The number of methoxy groups -OCH3 is 1. The van der Waals surface area contributed by atoms with E-state index in [0.717, 1.165) is 11.3 Å². The van der Waals surface area contributed by atoms with Crippen molar-refractivity contribution in [2.45, 2.75) is 13.5 Å². The van der Waals surface area contributed by atoms with Crippen LogP contribution in [0, 0.1) is 6.92 Å². The van der Waals surface area contributed by atoms with Crippen LogP contribution in [-0.4, -0.2) is 17.1 Å². The molecule has 5 heteroatoms. The molecule has 2 aromatic rings. The van der Waals surface area contributed by atoms with Gasteiger partial charge in [0, 0.05) is 18.9 Å². The lowest BCUT2D eigenvalue weighted by Gasteiger charge is -2.09. The molecule has 0 atom stereocenters. The van der Waals surface area contributed by atoms with Crippen LogP contribution in [0.4, 0.5) is 11.6 Å². The molecular weight excluding hydrogens is 230 g/mol. The topological polar surface area (TPSA) is 67.0 Å². The van der Waals surface area contributed by atoms with Gasteiger partial charge in [0.25, 0.3) is 5.56 Å². The van der Waals surface area contributed by atoms with Crippen molar-refractivity contribution in [1.82, 2.24) is 9.97 Å². The maximum Gasteiger partial charge on any atom is 0.252 e. The predicted molar refractivity (Wildman–Crippen MR) is 70.0 cm³/mol. The van der Waals surface area contributed by atoms with Crippen LogP contribution in [0.1, 0.15) is 11.3 Å². The van der Waals surface area contributed by atoms with Crippen molar-refractivity contribution in [2.75, 3.05) is 12.4 Å². The van der Waals surface area contributed by atoms with Crippen molar-refractivity contribution < 1.29 is 4.74 Å². The number of hydrogen-bond donors (Lipinski definition) is 2. The first-order valence-electron chi connectivity index (χ1n) is 5.61. The predicted octanol–water partition coefficient (Wildman–Crippen LogP) is 1.97. The Hall–Kier alpha value is -2.14. The summed E-state index contributed by atoms with van der Waals surface area (Å²) in [6.07, 6.45) is 0. The molecule has 0 amide bonds. The Labute approximate surface area is 105 Å². The smallest absolute Gasteiger partial charge is 0.252 e. The van der Waals surface area contributed by atoms with Crippen LogP contribution >= 0.6 is 0 Å². The van der Waals surface area contributed by atoms with E-state index in [4.69, 9.17) is 4.74 Å². The summed E-state index contributed by atoms with van der Waals surface area (Å²) in [4.78, 5) is 18.4. The number of anilines is 2. The molecule has 94 valence electrons. The molecule has 0 aliphatic carbocycles. The zero-order chi connectivity index (χ0) is 13.0. The molecule has 0 bridgehead atoms. The molecule has 18 heavy (non-hydrogen) atoms. The van der Waals surface area contributed by atoms with Crippen LogP contribution < -0.4 is 10.9 Å². The summed E-state index contributed by atoms with van der Waals surface area (Å²) in [7, 11) is 1.57. The fourth-order valence-electron chi connectivity index (χ4n) is 1.63. The van der Waals surface area contributed by atoms with E-state index in [9.17, 15) is 4.79 Å². The number of para-hydroxylation sites is 1. The monoisotopic (exact) mass is 245 g/mol. The molecule has 0 unspecified atom stereocenters. The van der Waals surface area contributed by atoms with Gasteiger partial charge in [-0.2, -0.15) is 0 Å². The molecule has 0 radical (unpaired) electrons. The van der Waals surface area contributed by atoms with E-state index in [1.807, 2.05) is 31.2 Å². The summed E-state index contributed by atoms with van der Waals surface area (Å²) in [5.74, 6) is 0.420. The lowest BCUT2D eigenvalue weighted by molar-refractivity contribution is 0.181. The van der Waals surface area contributed by atoms with Crippen molar-refractivity contribution in [1.29, 1.82) is 0 Å². The van der Waals surface area contributed by atoms with Crippen LogP contribution in [0.15, 0.2) is 35.1 Å². The normalized spacial score (nSPS) is 10.3. The van der Waals surface area contributed by atoms with E-state index < -0.39 is 0 Å². The van der Waals surface area contributed by atoms with Crippen LogP contribution in [0.25, 0.3) is 0 Å². The van der Waals surface area contributed by atoms with Crippen LogP contribution in [0.2, 0.25) is 0 Å². The Bertz CT molecular complexity index is 593. The van der Waals surface area contributed by atoms with E-state index in [0.29, 0.717) is 18.2 Å². The van der Waals surface area contributed by atoms with Gasteiger partial charge in [-0.3, -0.25) is 9.78 Å². The number of ether oxygens (including phenoxy) is 1. The Kier molecular flexibility index (Phi) is 3.74. The molecular formula is C13H15N3O2. The van der Waals surface area contributed by atoms with Crippen LogP contribution in [0.3, 0.4) is 0 Å². The van der Waals surface area contributed by atoms with E-state index in [1.54, 1.807) is 7.11 Å². The number of H-pyrrole nitrogens is 1. The first-order valence-corrected chi connectivity index (χ1v) is 5.61. The molecule has 1 aromatic heterocycles. The first kappa shape index (κ1) is 12.3. The van der Waals surface area contributed by atoms with Gasteiger partial charge in [0.2, 0.25) is 5.95 Å². The van der Waals surface area contributed by atoms with Gasteiger partial charge in [0.05, 0.1) is 12.3 Å². The number of aromatic amines is 1. The number of rotatable bonds is 4. The quantitative estimate of drug-likeness (QED) is 0.864. The highest BCUT2D eigenvalue weighted by molar-refractivity contribution is 5.57. The Morgan fingerprint density at radius 1 is 1.39 bits per heavy atom. The van der Waals surface area contributed by atoms with Gasteiger partial charge in [0.15, 0.2) is 0 Å². The summed E-state index contributed by atoms with van der Waals surface area (Å²) >= 11 is 0. The van der Waals surface area contributed by atoms with Gasteiger partial charge >= 0.3 is 0 Å². The van der Waals surface area contributed by atoms with Crippen molar-refractivity contribution in [3.05, 3.63) is 51.9 Å². The molecule has 2 N–H and O–H groups in total. The average molecular weight is 245 g/mol. The highest BCUT2D eigenvalue weighted by Gasteiger charge is 2.03. The fourth-order valence-corrected chi connectivity index (χ4v) is 1.63. The highest BCUT2D eigenvalue weighted by Crippen LogP contribution is 2.16. The second-order valence-electron chi connectivity index (χ2n) is 3.96. The second kappa shape index (κ2) is 5.46. The number of aromatic nitrogens is 2. The number of nitrogens with zero attached hydrogens (tertiary/aromatic N) is 1. The molecule has 0 aliphatic heterocycles. The summed E-state index contributed by atoms with van der Waals surface area (Å²) < 4.78 is 4.97.